The number of nitrogens with one attached hydrogen (secondary N) is 1. The van der Waals surface area contributed by atoms with Gasteiger partial charge >= 0.3 is 65.0 Å². The number of hydrogen-bond acceptors (Lipinski definition) is 2. The Labute approximate surface area is 180 Å². The van der Waals surface area contributed by atoms with Crippen molar-refractivity contribution in [2.45, 2.75) is 26.4 Å². The summed E-state index contributed by atoms with van der Waals surface area (Å²) in [5, 5.41) is 2.43. The second kappa shape index (κ2) is 15.5. The van der Waals surface area contributed by atoms with Gasteiger partial charge in [0.1, 0.15) is 5.60 Å². The maximum atomic E-state index is 10.7. The van der Waals surface area contributed by atoms with Gasteiger partial charge in [0.05, 0.1) is 0 Å². The Kier molecular flexibility index (Phi) is 25.9. The summed E-state index contributed by atoms with van der Waals surface area (Å²) in [5.41, 5.74) is -0.417. The topological polar surface area (TPSA) is 38.3 Å². The molecule has 0 heterocycles. The van der Waals surface area contributed by atoms with Crippen molar-refractivity contribution in [2.75, 3.05) is 6.54 Å². The predicted octanol–water partition coefficient (Wildman–Crippen LogP) is -1.15. The van der Waals surface area contributed by atoms with Gasteiger partial charge in [-0.15, -0.1) is 6.54 Å². The Morgan fingerprint density at radius 1 is 1.38 bits per heavy atom. The Morgan fingerprint density at radius 3 is 1.88 bits per heavy atom. The van der Waals surface area contributed by atoms with Crippen LogP contribution < -0.4 is 56.7 Å². The largest absolute Gasteiger partial charge is 1.00 e. The standard InChI is InChI=1S/C7H14NO2.BF3.2K/c1-5-8-6(9)10-7(2,3)4;2-1(3)4;;/h1,5H2,2-4H3,(H,8,9);;;/q-1;;;+1. The second-order valence-electron chi connectivity index (χ2n) is 3.18. The van der Waals surface area contributed by atoms with Crippen LogP contribution in [-0.2, 0) is 4.74 Å². The third-order valence-electron chi connectivity index (χ3n) is 0.668. The number of ether oxygens (including phenoxy) is 1. The zero-order valence-electron chi connectivity index (χ0n) is 10.4. The van der Waals surface area contributed by atoms with Crippen molar-refractivity contribution in [3.05, 3.63) is 6.92 Å². The number of rotatable bonds is 1. The third-order valence-corrected chi connectivity index (χ3v) is 0.668. The zero-order chi connectivity index (χ0) is 11.8. The van der Waals surface area contributed by atoms with Gasteiger partial charge in [-0.25, -0.2) is 4.79 Å². The average Bonchev–Trinajstić information content (AvgIpc) is 1.80. The Hall–Kier alpha value is 2.40. The molecule has 0 aromatic rings. The van der Waals surface area contributed by atoms with Gasteiger partial charge < -0.3 is 17.0 Å². The summed E-state index contributed by atoms with van der Waals surface area (Å²) in [6.07, 6.45) is -0.414. The van der Waals surface area contributed by atoms with E-state index in [2.05, 4.69) is 12.2 Å². The van der Waals surface area contributed by atoms with Crippen LogP contribution in [0.25, 0.3) is 0 Å². The number of alkyl carbamates (subject to hydrolysis) is 1. The first-order valence-corrected chi connectivity index (χ1v) is 3.87. The first-order valence-electron chi connectivity index (χ1n) is 3.87. The summed E-state index contributed by atoms with van der Waals surface area (Å²) < 4.78 is 33.9. The molecule has 3 nitrogen and oxygen atoms in total. The van der Waals surface area contributed by atoms with Crippen molar-refractivity contribution in [3.8, 4) is 0 Å². The van der Waals surface area contributed by atoms with Crippen LogP contribution in [0.1, 0.15) is 20.8 Å². The van der Waals surface area contributed by atoms with Crippen LogP contribution in [0.2, 0.25) is 0 Å². The number of carbonyl (C=O) groups excluding carboxylic acids is 1. The van der Waals surface area contributed by atoms with Crippen molar-refractivity contribution in [1.82, 2.24) is 5.32 Å². The van der Waals surface area contributed by atoms with Crippen LogP contribution in [0.5, 0.6) is 0 Å². The molecule has 0 unspecified atom stereocenters. The summed E-state index contributed by atoms with van der Waals surface area (Å²) in [4.78, 5) is 10.7. The molecule has 0 saturated heterocycles. The van der Waals surface area contributed by atoms with Gasteiger partial charge in [0, 0.05) is 51.4 Å². The normalized spacial score (nSPS) is 8.44. The molecule has 0 atom stereocenters. The van der Waals surface area contributed by atoms with Gasteiger partial charge in [-0.2, -0.15) is 0 Å². The minimum absolute atomic E-state index is 0. The molecule has 0 saturated carbocycles. The van der Waals surface area contributed by atoms with Crippen LogP contribution in [0, 0.1) is 6.92 Å². The minimum atomic E-state index is -3.67. The van der Waals surface area contributed by atoms with Gasteiger partial charge in [0.25, 0.3) is 0 Å². The maximum absolute atomic E-state index is 10.7. The quantitative estimate of drug-likeness (QED) is 0.489. The van der Waals surface area contributed by atoms with Crippen molar-refractivity contribution in [1.29, 1.82) is 0 Å². The molecule has 0 bridgehead atoms. The van der Waals surface area contributed by atoms with Crippen LogP contribution in [-0.4, -0.2) is 77.2 Å². The first-order chi connectivity index (χ1) is 6.19. The molecule has 0 fully saturated rings. The van der Waals surface area contributed by atoms with Crippen molar-refractivity contribution < 1.29 is 73.9 Å². The molecule has 1 radical (unpaired) electrons. The van der Waals surface area contributed by atoms with E-state index in [-0.39, 0.29) is 103 Å². The zero-order valence-corrected chi connectivity index (χ0v) is 16.7. The second-order valence-corrected chi connectivity index (χ2v) is 3.18. The summed E-state index contributed by atoms with van der Waals surface area (Å²) in [5.74, 6) is 0. The molecule has 0 aliphatic heterocycles. The van der Waals surface area contributed by atoms with Gasteiger partial charge in [0.15, 0.2) is 0 Å². The van der Waals surface area contributed by atoms with E-state index in [9.17, 15) is 17.7 Å². The Bertz CT molecular complexity index is 167. The maximum Gasteiger partial charge on any atom is 1.00 e. The summed E-state index contributed by atoms with van der Waals surface area (Å²) in [7, 11) is -3.67. The van der Waals surface area contributed by atoms with E-state index >= 15 is 0 Å². The summed E-state index contributed by atoms with van der Waals surface area (Å²) >= 11 is 0. The van der Waals surface area contributed by atoms with Crippen LogP contribution in [0.3, 0.4) is 0 Å². The number of amides is 1. The predicted molar refractivity (Wildman–Crippen MR) is 54.4 cm³/mol. The van der Waals surface area contributed by atoms with Gasteiger partial charge in [-0.1, -0.05) is 0 Å². The Balaban J connectivity index is -0.000000105. The molecule has 0 rings (SSSR count). The molecule has 85 valence electrons. The number of hydrogen-bond donors (Lipinski definition) is 1. The van der Waals surface area contributed by atoms with Gasteiger partial charge in [0.2, 0.25) is 0 Å². The number of halogens is 3. The van der Waals surface area contributed by atoms with E-state index in [4.69, 9.17) is 4.74 Å². The monoisotopic (exact) mass is 290 g/mol. The van der Waals surface area contributed by atoms with E-state index in [1.54, 1.807) is 0 Å². The molecule has 1 amide bonds. The number of carbonyl (C=O) groups is 1. The first kappa shape index (κ1) is 26.9. The van der Waals surface area contributed by atoms with E-state index in [0.717, 1.165) is 0 Å². The molecule has 0 aromatic carbocycles. The van der Waals surface area contributed by atoms with E-state index in [1.165, 1.54) is 0 Å². The fourth-order valence-corrected chi connectivity index (χ4v) is 0.416. The van der Waals surface area contributed by atoms with Crippen LogP contribution in [0.4, 0.5) is 17.7 Å². The third kappa shape index (κ3) is 36.0. The average molecular weight is 290 g/mol. The molecule has 0 spiro atoms. The molecule has 9 heteroatoms. The van der Waals surface area contributed by atoms with Gasteiger partial charge in [-0.05, 0) is 20.8 Å². The molecular weight excluding hydrogens is 276 g/mol. The molecule has 1 N–H and O–H groups in total. The minimum Gasteiger partial charge on any atom is -0.444 e. The van der Waals surface area contributed by atoms with E-state index < -0.39 is 19.2 Å². The molecule has 0 aliphatic carbocycles. The molecule has 0 aromatic heterocycles. The van der Waals surface area contributed by atoms with E-state index in [1.807, 2.05) is 20.8 Å². The van der Waals surface area contributed by atoms with Crippen LogP contribution in [0.15, 0.2) is 0 Å². The fraction of sp³-hybridized carbons (Fsp3) is 0.714. The molecule has 0 aliphatic rings. The van der Waals surface area contributed by atoms with E-state index in [0.29, 0.717) is 6.54 Å². The molecular formula is C7H14BF3K2NO2. The van der Waals surface area contributed by atoms with Crippen molar-refractivity contribution in [3.63, 3.8) is 0 Å². The van der Waals surface area contributed by atoms with Crippen LogP contribution >= 0.6 is 0 Å². The SMILES string of the molecule is FB(F)F.[CH2-]CNC(=O)OC(C)(C)C.[K+].[K]. The fourth-order valence-electron chi connectivity index (χ4n) is 0.416. The summed E-state index contributed by atoms with van der Waals surface area (Å²) in [6.45, 7) is 9.25. The van der Waals surface area contributed by atoms with Crippen molar-refractivity contribution in [2.24, 2.45) is 0 Å². The molecule has 16 heavy (non-hydrogen) atoms. The summed E-state index contributed by atoms with van der Waals surface area (Å²) in [6, 6.07) is 0. The van der Waals surface area contributed by atoms with Gasteiger partial charge in [-0.3, -0.25) is 12.9 Å². The Morgan fingerprint density at radius 2 is 1.69 bits per heavy atom. The smallest absolute Gasteiger partial charge is 0.444 e. The van der Waals surface area contributed by atoms with Crippen molar-refractivity contribution >= 4 is 65.0 Å².